The Kier molecular flexibility index (Phi) is 7.04. The van der Waals surface area contributed by atoms with Crippen molar-refractivity contribution in [3.63, 3.8) is 0 Å². The van der Waals surface area contributed by atoms with Gasteiger partial charge in [0.2, 0.25) is 11.8 Å². The van der Waals surface area contributed by atoms with E-state index in [0.29, 0.717) is 29.5 Å². The normalized spacial score (nSPS) is 16.5. The number of aromatic nitrogens is 3. The molecule has 2 aromatic carbocycles. The Hall–Kier alpha value is -3.60. The van der Waals surface area contributed by atoms with Crippen LogP contribution in [0.25, 0.3) is 11.4 Å². The number of carbonyl (C=O) groups is 2. The van der Waals surface area contributed by atoms with Crippen LogP contribution >= 0.6 is 11.6 Å². The van der Waals surface area contributed by atoms with Gasteiger partial charge >= 0.3 is 11.9 Å². The summed E-state index contributed by atoms with van der Waals surface area (Å²) in [6.45, 7) is 0.418. The smallest absolute Gasteiger partial charge is 0.341 e. The van der Waals surface area contributed by atoms with E-state index in [1.165, 1.54) is 21.6 Å². The first-order valence-corrected chi connectivity index (χ1v) is 12.7. The van der Waals surface area contributed by atoms with Gasteiger partial charge in [0.1, 0.15) is 12.6 Å². The Morgan fingerprint density at radius 2 is 1.76 bits per heavy atom. The number of likely N-dealkylation sites (tertiary alicyclic amines) is 1. The van der Waals surface area contributed by atoms with E-state index in [4.69, 9.17) is 11.6 Å². The van der Waals surface area contributed by atoms with E-state index >= 15 is 0 Å². The zero-order valence-electron chi connectivity index (χ0n) is 20.2. The minimum absolute atomic E-state index is 0.0165. The lowest BCUT2D eigenvalue weighted by Crippen LogP contribution is -2.43. The number of rotatable bonds is 7. The molecule has 2 aliphatic rings. The molecule has 0 radical (unpaired) electrons. The van der Waals surface area contributed by atoms with Crippen molar-refractivity contribution in [3.05, 3.63) is 75.2 Å². The van der Waals surface area contributed by atoms with Crippen molar-refractivity contribution in [2.24, 2.45) is 0 Å². The molecule has 0 bridgehead atoms. The molecule has 1 saturated heterocycles. The van der Waals surface area contributed by atoms with Gasteiger partial charge < -0.3 is 10.2 Å². The van der Waals surface area contributed by atoms with Gasteiger partial charge in [0.15, 0.2) is 5.82 Å². The lowest BCUT2D eigenvalue weighted by molar-refractivity contribution is -0.138. The molecule has 1 unspecified atom stereocenters. The standard InChI is InChI=1S/C26H25ClF3N5O3/c27-19-8-6-16(7-9-19)23-32-34(25(38)35(23)20-10-11-20)15-21(36)31-22(24(37)33-12-1-2-13-33)17-4-3-5-18(14-17)26(28,29)30/h3-9,14,20,22H,1-2,10-13,15H2,(H,31,36). The Bertz CT molecular complexity index is 1410. The van der Waals surface area contributed by atoms with E-state index in [2.05, 4.69) is 10.4 Å². The zero-order chi connectivity index (χ0) is 27.0. The maximum absolute atomic E-state index is 13.4. The van der Waals surface area contributed by atoms with Crippen LogP contribution in [0.1, 0.15) is 48.9 Å². The third-order valence-electron chi connectivity index (χ3n) is 6.70. The van der Waals surface area contributed by atoms with Gasteiger partial charge in [-0.1, -0.05) is 23.7 Å². The summed E-state index contributed by atoms with van der Waals surface area (Å²) in [4.78, 5) is 41.1. The summed E-state index contributed by atoms with van der Waals surface area (Å²) >= 11 is 5.98. The van der Waals surface area contributed by atoms with Crippen LogP contribution in [0.5, 0.6) is 0 Å². The van der Waals surface area contributed by atoms with Crippen LogP contribution in [0, 0.1) is 0 Å². The molecule has 1 aliphatic heterocycles. The number of nitrogens with zero attached hydrogens (tertiary/aromatic N) is 4. The fourth-order valence-electron chi connectivity index (χ4n) is 4.63. The minimum atomic E-state index is -4.61. The first-order valence-electron chi connectivity index (χ1n) is 12.3. The highest BCUT2D eigenvalue weighted by molar-refractivity contribution is 6.30. The van der Waals surface area contributed by atoms with Gasteiger partial charge in [0, 0.05) is 29.7 Å². The molecular formula is C26H25ClF3N5O3. The van der Waals surface area contributed by atoms with Gasteiger partial charge in [0.25, 0.3) is 0 Å². The molecule has 5 rings (SSSR count). The van der Waals surface area contributed by atoms with Gasteiger partial charge in [-0.05, 0) is 67.6 Å². The van der Waals surface area contributed by atoms with Crippen molar-refractivity contribution >= 4 is 23.4 Å². The van der Waals surface area contributed by atoms with Gasteiger partial charge in [-0.15, -0.1) is 5.10 Å². The number of hydrogen-bond donors (Lipinski definition) is 1. The summed E-state index contributed by atoms with van der Waals surface area (Å²) in [5.74, 6) is -0.817. The number of alkyl halides is 3. The van der Waals surface area contributed by atoms with Crippen molar-refractivity contribution < 1.29 is 22.8 Å². The number of benzene rings is 2. The molecule has 1 saturated carbocycles. The fourth-order valence-corrected chi connectivity index (χ4v) is 4.75. The van der Waals surface area contributed by atoms with Crippen molar-refractivity contribution in [1.82, 2.24) is 24.6 Å². The van der Waals surface area contributed by atoms with E-state index in [9.17, 15) is 27.6 Å². The molecule has 2 fully saturated rings. The predicted molar refractivity (Wildman–Crippen MR) is 133 cm³/mol. The Balaban J connectivity index is 1.43. The maximum Gasteiger partial charge on any atom is 0.416 e. The topological polar surface area (TPSA) is 89.2 Å². The van der Waals surface area contributed by atoms with E-state index in [1.807, 2.05) is 0 Å². The van der Waals surface area contributed by atoms with E-state index < -0.39 is 41.8 Å². The van der Waals surface area contributed by atoms with Crippen molar-refractivity contribution in [2.45, 2.75) is 50.5 Å². The van der Waals surface area contributed by atoms with Crippen molar-refractivity contribution in [3.8, 4) is 11.4 Å². The van der Waals surface area contributed by atoms with Gasteiger partial charge in [0.05, 0.1) is 5.56 Å². The van der Waals surface area contributed by atoms with Crippen molar-refractivity contribution in [2.75, 3.05) is 13.1 Å². The van der Waals surface area contributed by atoms with Crippen LogP contribution < -0.4 is 11.0 Å². The first kappa shape index (κ1) is 26.0. The molecule has 3 aromatic rings. The third-order valence-corrected chi connectivity index (χ3v) is 6.95. The second kappa shape index (κ2) is 10.3. The molecule has 0 spiro atoms. The highest BCUT2D eigenvalue weighted by atomic mass is 35.5. The van der Waals surface area contributed by atoms with Crippen LogP contribution in [0.15, 0.2) is 53.3 Å². The summed E-state index contributed by atoms with van der Waals surface area (Å²) in [5, 5.41) is 7.46. The molecule has 200 valence electrons. The van der Waals surface area contributed by atoms with Crippen molar-refractivity contribution in [1.29, 1.82) is 0 Å². The number of nitrogens with one attached hydrogen (secondary N) is 1. The zero-order valence-corrected chi connectivity index (χ0v) is 21.0. The van der Waals surface area contributed by atoms with Gasteiger partial charge in [-0.2, -0.15) is 13.2 Å². The average molecular weight is 548 g/mol. The quantitative estimate of drug-likeness (QED) is 0.480. The Morgan fingerprint density at radius 1 is 1.08 bits per heavy atom. The number of amides is 2. The van der Waals surface area contributed by atoms with Crippen LogP contribution in [0.3, 0.4) is 0 Å². The van der Waals surface area contributed by atoms with E-state index in [-0.39, 0.29) is 11.6 Å². The van der Waals surface area contributed by atoms with E-state index in [0.717, 1.165) is 42.5 Å². The van der Waals surface area contributed by atoms with Crippen LogP contribution in [0.2, 0.25) is 5.02 Å². The molecule has 1 aromatic heterocycles. The van der Waals surface area contributed by atoms with Crippen LogP contribution in [-0.2, 0) is 22.3 Å². The lowest BCUT2D eigenvalue weighted by Gasteiger charge is -2.25. The molecule has 12 heteroatoms. The summed E-state index contributed by atoms with van der Waals surface area (Å²) in [6.07, 6.45) is -1.45. The summed E-state index contributed by atoms with van der Waals surface area (Å²) in [7, 11) is 0. The SMILES string of the molecule is O=C(Cn1nc(-c2ccc(Cl)cc2)n(C2CC2)c1=O)NC(C(=O)N1CCCC1)c1cccc(C(F)(F)F)c1. The van der Waals surface area contributed by atoms with Gasteiger partial charge in [-0.3, -0.25) is 14.2 Å². The maximum atomic E-state index is 13.4. The summed E-state index contributed by atoms with van der Waals surface area (Å²) in [5.41, 5.74) is -0.726. The molecule has 1 N–H and O–H groups in total. The van der Waals surface area contributed by atoms with Gasteiger partial charge in [-0.25, -0.2) is 9.48 Å². The largest absolute Gasteiger partial charge is 0.416 e. The molecule has 1 atom stereocenters. The highest BCUT2D eigenvalue weighted by Gasteiger charge is 2.35. The molecule has 2 amide bonds. The van der Waals surface area contributed by atoms with E-state index in [1.54, 1.807) is 24.3 Å². The number of halogens is 4. The summed E-state index contributed by atoms with van der Waals surface area (Å²) < 4.78 is 42.6. The fraction of sp³-hybridized carbons (Fsp3) is 0.385. The predicted octanol–water partition coefficient (Wildman–Crippen LogP) is 4.20. The molecule has 1 aliphatic carbocycles. The summed E-state index contributed by atoms with van der Waals surface area (Å²) in [6, 6.07) is 9.80. The molecule has 2 heterocycles. The Morgan fingerprint density at radius 3 is 2.39 bits per heavy atom. The second-order valence-electron chi connectivity index (χ2n) is 9.53. The Labute approximate surface area is 221 Å². The molecule has 8 nitrogen and oxygen atoms in total. The third kappa shape index (κ3) is 5.47. The number of hydrogen-bond acceptors (Lipinski definition) is 4. The van der Waals surface area contributed by atoms with Crippen LogP contribution in [-0.4, -0.2) is 44.2 Å². The monoisotopic (exact) mass is 547 g/mol. The van der Waals surface area contributed by atoms with Crippen LogP contribution in [0.4, 0.5) is 13.2 Å². The first-order chi connectivity index (χ1) is 18.1. The molecular weight excluding hydrogens is 523 g/mol. The highest BCUT2D eigenvalue weighted by Crippen LogP contribution is 2.36. The minimum Gasteiger partial charge on any atom is -0.341 e. The second-order valence-corrected chi connectivity index (χ2v) is 9.96. The average Bonchev–Trinajstić information content (AvgIpc) is 3.46. The lowest BCUT2D eigenvalue weighted by atomic mass is 10.0. The molecule has 38 heavy (non-hydrogen) atoms. The number of carbonyl (C=O) groups excluding carboxylic acids is 2.